The molecule has 8 heteroatoms. The number of aromatic hydroxyl groups is 4. The van der Waals surface area contributed by atoms with Gasteiger partial charge in [-0.15, -0.1) is 0 Å². The monoisotopic (exact) mass is 544 g/mol. The summed E-state index contributed by atoms with van der Waals surface area (Å²) in [5.74, 6) is 1.10. The van der Waals surface area contributed by atoms with Gasteiger partial charge in [-0.1, -0.05) is 47.0 Å². The molecule has 0 fully saturated rings. The summed E-state index contributed by atoms with van der Waals surface area (Å²) < 4.78 is 0. The highest BCUT2D eigenvalue weighted by atomic mass is 32.2. The van der Waals surface area contributed by atoms with E-state index in [1.54, 1.807) is 47.0 Å². The molecule has 4 nitrogen and oxygen atoms in total. The van der Waals surface area contributed by atoms with Gasteiger partial charge >= 0.3 is 0 Å². The Labute approximate surface area is 223 Å². The summed E-state index contributed by atoms with van der Waals surface area (Å²) in [5.41, 5.74) is 6.70. The average molecular weight is 545 g/mol. The van der Waals surface area contributed by atoms with Crippen molar-refractivity contribution in [2.75, 3.05) is 0 Å². The van der Waals surface area contributed by atoms with Gasteiger partial charge in [-0.05, 0) is 24.3 Å². The Morgan fingerprint density at radius 2 is 0.500 bits per heavy atom. The molecule has 0 spiro atoms. The third kappa shape index (κ3) is 2.44. The minimum absolute atomic E-state index is 0.274. The lowest BCUT2D eigenvalue weighted by molar-refractivity contribution is 0.441. The van der Waals surface area contributed by atoms with Crippen LogP contribution in [0.4, 0.5) is 0 Å². The summed E-state index contributed by atoms with van der Waals surface area (Å²) in [6, 6.07) is 8.67. The molecular formula is C28H16O4S4. The first-order valence-electron chi connectivity index (χ1n) is 11.7. The topological polar surface area (TPSA) is 80.9 Å². The number of fused-ring (bicyclic) bond motifs is 8. The number of rotatable bonds is 0. The van der Waals surface area contributed by atoms with E-state index in [0.29, 0.717) is 25.7 Å². The van der Waals surface area contributed by atoms with Gasteiger partial charge in [0.15, 0.2) is 0 Å². The molecule has 0 aromatic heterocycles. The van der Waals surface area contributed by atoms with Crippen molar-refractivity contribution < 1.29 is 20.4 Å². The zero-order valence-electron chi connectivity index (χ0n) is 18.6. The number of phenolic OH excluding ortho intramolecular Hbond substituents is 4. The van der Waals surface area contributed by atoms with Gasteiger partial charge in [0.25, 0.3) is 0 Å². The van der Waals surface area contributed by atoms with Gasteiger partial charge in [0.2, 0.25) is 0 Å². The van der Waals surface area contributed by atoms with Crippen LogP contribution < -0.4 is 0 Å². The first-order valence-corrected chi connectivity index (χ1v) is 14.9. The Balaban J connectivity index is 1.40. The van der Waals surface area contributed by atoms with E-state index >= 15 is 0 Å². The molecular weight excluding hydrogens is 529 g/mol. The average Bonchev–Trinajstić information content (AvgIpc) is 2.86. The fourth-order valence-electron chi connectivity index (χ4n) is 6.11. The van der Waals surface area contributed by atoms with Crippen LogP contribution in [0.25, 0.3) is 0 Å². The van der Waals surface area contributed by atoms with Gasteiger partial charge in [-0.3, -0.25) is 0 Å². The van der Waals surface area contributed by atoms with Crippen molar-refractivity contribution in [3.05, 3.63) is 68.8 Å². The lowest BCUT2D eigenvalue weighted by atomic mass is 9.90. The summed E-state index contributed by atoms with van der Waals surface area (Å²) in [7, 11) is 0. The van der Waals surface area contributed by atoms with Crippen molar-refractivity contribution in [2.45, 2.75) is 64.8 Å². The van der Waals surface area contributed by atoms with E-state index in [1.165, 1.54) is 0 Å². The van der Waals surface area contributed by atoms with E-state index in [-0.39, 0.29) is 23.0 Å². The highest BCUT2D eigenvalue weighted by molar-refractivity contribution is 8.01. The SMILES string of the molecule is Oc1c2c3cc4c1Cc1c(cc5c(c1O)Cc1c(cc6c(c1O)Cc1c(cc(c(c1O)C2)S3)S6)S5)S4. The van der Waals surface area contributed by atoms with Crippen LogP contribution in [0.3, 0.4) is 0 Å². The Kier molecular flexibility index (Phi) is 3.80. The molecule has 4 aromatic carbocycles. The molecule has 0 saturated heterocycles. The zero-order valence-corrected chi connectivity index (χ0v) is 21.8. The number of benzene rings is 4. The van der Waals surface area contributed by atoms with Crippen LogP contribution in [-0.4, -0.2) is 20.4 Å². The molecule has 0 amide bonds. The molecule has 8 rings (SSSR count). The van der Waals surface area contributed by atoms with Gasteiger partial charge < -0.3 is 20.4 Å². The van der Waals surface area contributed by atoms with E-state index in [9.17, 15) is 20.4 Å². The third-order valence-corrected chi connectivity index (χ3v) is 12.7. The van der Waals surface area contributed by atoms with Crippen molar-refractivity contribution in [1.29, 1.82) is 0 Å². The zero-order chi connectivity index (χ0) is 24.0. The first-order chi connectivity index (χ1) is 17.4. The van der Waals surface area contributed by atoms with Crippen molar-refractivity contribution >= 4 is 47.0 Å². The second-order valence-corrected chi connectivity index (χ2v) is 14.2. The lowest BCUT2D eigenvalue weighted by Crippen LogP contribution is -2.12. The number of phenols is 4. The smallest absolute Gasteiger partial charge is 0.124 e. The summed E-state index contributed by atoms with van der Waals surface area (Å²) in [4.78, 5) is 8.14. The van der Waals surface area contributed by atoms with Crippen molar-refractivity contribution in [1.82, 2.24) is 0 Å². The molecule has 4 aromatic rings. The van der Waals surface area contributed by atoms with Gasteiger partial charge in [-0.25, -0.2) is 0 Å². The largest absolute Gasteiger partial charge is 0.507 e. The van der Waals surface area contributed by atoms with Crippen LogP contribution in [0, 0.1) is 0 Å². The summed E-state index contributed by atoms with van der Waals surface area (Å²) >= 11 is 6.41. The first kappa shape index (κ1) is 20.5. The van der Waals surface area contributed by atoms with Gasteiger partial charge in [0, 0.05) is 109 Å². The van der Waals surface area contributed by atoms with E-state index in [1.807, 2.05) is 0 Å². The molecule has 0 bridgehead atoms. The quantitative estimate of drug-likeness (QED) is 0.162. The van der Waals surface area contributed by atoms with Gasteiger partial charge in [-0.2, -0.15) is 0 Å². The molecule has 0 unspecified atom stereocenters. The lowest BCUT2D eigenvalue weighted by Gasteiger charge is -2.32. The molecule has 0 aliphatic carbocycles. The van der Waals surface area contributed by atoms with Gasteiger partial charge in [0.05, 0.1) is 0 Å². The van der Waals surface area contributed by atoms with Crippen LogP contribution >= 0.6 is 47.0 Å². The molecule has 0 atom stereocenters. The van der Waals surface area contributed by atoms with E-state index in [2.05, 4.69) is 24.3 Å². The van der Waals surface area contributed by atoms with Crippen LogP contribution in [-0.2, 0) is 25.7 Å². The van der Waals surface area contributed by atoms with Crippen molar-refractivity contribution in [2.24, 2.45) is 0 Å². The minimum atomic E-state index is 0.274. The molecule has 0 saturated carbocycles. The fraction of sp³-hybridized carbons (Fsp3) is 0.143. The van der Waals surface area contributed by atoms with Crippen molar-refractivity contribution in [3.8, 4) is 23.0 Å². The summed E-state index contributed by atoms with van der Waals surface area (Å²) in [6.45, 7) is 0. The molecule has 0 radical (unpaired) electrons. The molecule has 176 valence electrons. The van der Waals surface area contributed by atoms with Crippen LogP contribution in [0.1, 0.15) is 44.5 Å². The van der Waals surface area contributed by atoms with Crippen LogP contribution in [0.15, 0.2) is 63.4 Å². The van der Waals surface area contributed by atoms with Gasteiger partial charge in [0.1, 0.15) is 23.0 Å². The maximum Gasteiger partial charge on any atom is 0.124 e. The Hall–Kier alpha value is -2.52. The van der Waals surface area contributed by atoms with E-state index in [0.717, 1.165) is 83.7 Å². The predicted molar refractivity (Wildman–Crippen MR) is 140 cm³/mol. The second-order valence-electron chi connectivity index (χ2n) is 9.83. The normalized spacial score (nSPS) is 16.4. The maximum atomic E-state index is 11.5. The Morgan fingerprint density at radius 1 is 0.333 bits per heavy atom. The van der Waals surface area contributed by atoms with E-state index < -0.39 is 0 Å². The predicted octanol–water partition coefficient (Wildman–Crippen LogP) is 7.04. The maximum absolute atomic E-state index is 11.5. The highest BCUT2D eigenvalue weighted by Crippen LogP contribution is 2.59. The van der Waals surface area contributed by atoms with Crippen molar-refractivity contribution in [3.63, 3.8) is 0 Å². The highest BCUT2D eigenvalue weighted by Gasteiger charge is 2.36. The summed E-state index contributed by atoms with van der Waals surface area (Å²) in [6.07, 6.45) is 1.81. The molecule has 4 N–H and O–H groups in total. The molecule has 36 heavy (non-hydrogen) atoms. The van der Waals surface area contributed by atoms with Crippen LogP contribution in [0.2, 0.25) is 0 Å². The van der Waals surface area contributed by atoms with E-state index in [4.69, 9.17) is 0 Å². The fourth-order valence-corrected chi connectivity index (χ4v) is 11.1. The minimum Gasteiger partial charge on any atom is -0.507 e. The Bertz CT molecular complexity index is 1430. The second kappa shape index (κ2) is 6.67. The molecule has 4 heterocycles. The Morgan fingerprint density at radius 3 is 0.667 bits per heavy atom. The third-order valence-electron chi connectivity index (χ3n) is 8.01. The number of hydrogen-bond donors (Lipinski definition) is 4. The standard InChI is InChI=1S/C28H16O4S4/c29-25-9-1-10-18-6-20-12(26(10)30)3-14-22(35-20)8-24-16(28(14)32)4-15-23(36-24)7-21-13(27(15)31)2-11(25)19(34-21)5-17(9)33-18/h5-8,29-32H,1-4H2. The van der Waals surface area contributed by atoms with Crippen LogP contribution in [0.5, 0.6) is 23.0 Å². The molecule has 4 aliphatic rings. The number of hydrogen-bond acceptors (Lipinski definition) is 8. The molecule has 4 aliphatic heterocycles. The summed E-state index contributed by atoms with van der Waals surface area (Å²) in [5, 5.41) is 45.8.